The predicted octanol–water partition coefficient (Wildman–Crippen LogP) is 1.46. The Morgan fingerprint density at radius 3 is 2.88 bits per heavy atom. The number of aliphatic hydroxyl groups is 1. The Morgan fingerprint density at radius 2 is 2.16 bits per heavy atom. The van der Waals surface area contributed by atoms with E-state index in [1.165, 1.54) is 0 Å². The summed E-state index contributed by atoms with van der Waals surface area (Å²) in [6, 6.07) is 7.93. The third kappa shape index (κ3) is 4.64. The molecule has 134 valence electrons. The lowest BCUT2D eigenvalue weighted by atomic mass is 10.1. The number of piperidine rings is 1. The van der Waals surface area contributed by atoms with Gasteiger partial charge in [0.15, 0.2) is 0 Å². The second kappa shape index (κ2) is 7.76. The third-order valence-corrected chi connectivity index (χ3v) is 4.37. The fourth-order valence-electron chi connectivity index (χ4n) is 2.95. The first-order chi connectivity index (χ1) is 12.0. The van der Waals surface area contributed by atoms with Gasteiger partial charge in [0.05, 0.1) is 19.2 Å². The fourth-order valence-corrected chi connectivity index (χ4v) is 2.95. The predicted molar refractivity (Wildman–Crippen MR) is 92.6 cm³/mol. The van der Waals surface area contributed by atoms with Gasteiger partial charge in [-0.25, -0.2) is 0 Å². The summed E-state index contributed by atoms with van der Waals surface area (Å²) in [6.45, 7) is 3.96. The molecule has 0 atom stereocenters. The molecule has 1 aliphatic rings. The Balaban J connectivity index is 1.55. The number of carbonyl (C=O) groups excluding carboxylic acids is 1. The molecule has 1 aromatic heterocycles. The van der Waals surface area contributed by atoms with Gasteiger partial charge in [0, 0.05) is 18.7 Å². The Hall–Kier alpha value is -2.25. The molecule has 0 saturated carbocycles. The number of aliphatic hydroxyl groups excluding tert-OH is 1. The van der Waals surface area contributed by atoms with E-state index < -0.39 is 0 Å². The number of aryl methyl sites for hydroxylation is 1. The summed E-state index contributed by atoms with van der Waals surface area (Å²) >= 11 is 0. The van der Waals surface area contributed by atoms with E-state index in [-0.39, 0.29) is 18.6 Å². The Bertz CT molecular complexity index is 723. The van der Waals surface area contributed by atoms with Gasteiger partial charge in [0.1, 0.15) is 0 Å². The number of hydrogen-bond acceptors (Lipinski definition) is 6. The summed E-state index contributed by atoms with van der Waals surface area (Å²) in [7, 11) is 1.85. The van der Waals surface area contributed by atoms with Crippen LogP contribution in [0.15, 0.2) is 28.8 Å². The van der Waals surface area contributed by atoms with Crippen LogP contribution in [0.25, 0.3) is 11.4 Å². The lowest BCUT2D eigenvalue weighted by Crippen LogP contribution is -2.44. The van der Waals surface area contributed by atoms with E-state index in [1.54, 1.807) is 4.90 Å². The van der Waals surface area contributed by atoms with Gasteiger partial charge in [-0.2, -0.15) is 4.98 Å². The minimum Gasteiger partial charge on any atom is -0.393 e. The number of aromatic nitrogens is 2. The third-order valence-electron chi connectivity index (χ3n) is 4.37. The summed E-state index contributed by atoms with van der Waals surface area (Å²) in [5.41, 5.74) is 2.05. The van der Waals surface area contributed by atoms with Gasteiger partial charge in [-0.1, -0.05) is 28.9 Å². The number of amides is 1. The topological polar surface area (TPSA) is 82.7 Å². The number of likely N-dealkylation sites (tertiary alicyclic amines) is 1. The number of benzene rings is 1. The lowest BCUT2D eigenvalue weighted by molar-refractivity contribution is -0.134. The number of carbonyl (C=O) groups is 1. The van der Waals surface area contributed by atoms with E-state index in [4.69, 9.17) is 4.52 Å². The van der Waals surface area contributed by atoms with Crippen molar-refractivity contribution in [3.8, 4) is 11.4 Å². The zero-order valence-electron chi connectivity index (χ0n) is 14.7. The number of nitrogens with zero attached hydrogens (tertiary/aromatic N) is 4. The van der Waals surface area contributed by atoms with Crippen molar-refractivity contribution in [2.24, 2.45) is 0 Å². The second-order valence-corrected chi connectivity index (χ2v) is 6.67. The molecule has 0 unspecified atom stereocenters. The number of rotatable bonds is 5. The van der Waals surface area contributed by atoms with Gasteiger partial charge >= 0.3 is 0 Å². The molecule has 0 radical (unpaired) electrons. The Kier molecular flexibility index (Phi) is 5.45. The Labute approximate surface area is 147 Å². The van der Waals surface area contributed by atoms with Gasteiger partial charge in [-0.05, 0) is 32.9 Å². The molecule has 0 spiro atoms. The SMILES string of the molecule is Cc1cccc(-c2noc(CN(C)CC(=O)N3CCC(O)CC3)n2)c1. The van der Waals surface area contributed by atoms with E-state index in [9.17, 15) is 9.90 Å². The van der Waals surface area contributed by atoms with Crippen LogP contribution in [0.2, 0.25) is 0 Å². The van der Waals surface area contributed by atoms with Crippen LogP contribution < -0.4 is 0 Å². The molecule has 1 aromatic carbocycles. The second-order valence-electron chi connectivity index (χ2n) is 6.67. The lowest BCUT2D eigenvalue weighted by Gasteiger charge is -2.30. The number of likely N-dealkylation sites (N-methyl/N-ethyl adjacent to an activating group) is 1. The van der Waals surface area contributed by atoms with Gasteiger partial charge in [0.2, 0.25) is 17.6 Å². The van der Waals surface area contributed by atoms with Crippen molar-refractivity contribution in [2.45, 2.75) is 32.4 Å². The summed E-state index contributed by atoms with van der Waals surface area (Å²) < 4.78 is 5.31. The minimum atomic E-state index is -0.278. The molecular weight excluding hydrogens is 320 g/mol. The minimum absolute atomic E-state index is 0.0628. The first-order valence-electron chi connectivity index (χ1n) is 8.55. The van der Waals surface area contributed by atoms with Crippen LogP contribution in [0.1, 0.15) is 24.3 Å². The number of hydrogen-bond donors (Lipinski definition) is 1. The van der Waals surface area contributed by atoms with Crippen molar-refractivity contribution in [3.63, 3.8) is 0 Å². The molecule has 7 heteroatoms. The molecule has 1 aliphatic heterocycles. The van der Waals surface area contributed by atoms with Crippen LogP contribution in [-0.2, 0) is 11.3 Å². The summed E-state index contributed by atoms with van der Waals surface area (Å²) in [5, 5.41) is 13.5. The molecular formula is C18H24N4O3. The van der Waals surface area contributed by atoms with Crippen LogP contribution in [0, 0.1) is 6.92 Å². The molecule has 25 heavy (non-hydrogen) atoms. The van der Waals surface area contributed by atoms with Crippen molar-refractivity contribution in [1.82, 2.24) is 19.9 Å². The maximum atomic E-state index is 12.3. The van der Waals surface area contributed by atoms with Crippen LogP contribution >= 0.6 is 0 Å². The maximum Gasteiger partial charge on any atom is 0.241 e. The zero-order chi connectivity index (χ0) is 17.8. The first kappa shape index (κ1) is 17.6. The molecule has 0 aliphatic carbocycles. The van der Waals surface area contributed by atoms with E-state index in [0.29, 0.717) is 44.2 Å². The highest BCUT2D eigenvalue weighted by Gasteiger charge is 2.22. The molecule has 1 N–H and O–H groups in total. The zero-order valence-corrected chi connectivity index (χ0v) is 14.7. The van der Waals surface area contributed by atoms with Gasteiger partial charge in [-0.15, -0.1) is 0 Å². The normalized spacial score (nSPS) is 15.8. The smallest absolute Gasteiger partial charge is 0.241 e. The van der Waals surface area contributed by atoms with E-state index >= 15 is 0 Å². The van der Waals surface area contributed by atoms with Gasteiger partial charge in [-0.3, -0.25) is 9.69 Å². The highest BCUT2D eigenvalue weighted by Crippen LogP contribution is 2.17. The van der Waals surface area contributed by atoms with Crippen molar-refractivity contribution < 1.29 is 14.4 Å². The highest BCUT2D eigenvalue weighted by molar-refractivity contribution is 5.78. The molecule has 1 fully saturated rings. The van der Waals surface area contributed by atoms with E-state index in [0.717, 1.165) is 11.1 Å². The quantitative estimate of drug-likeness (QED) is 0.884. The van der Waals surface area contributed by atoms with E-state index in [2.05, 4.69) is 10.1 Å². The first-order valence-corrected chi connectivity index (χ1v) is 8.55. The van der Waals surface area contributed by atoms with Gasteiger partial charge < -0.3 is 14.5 Å². The standard InChI is InChI=1S/C18H24N4O3/c1-13-4-3-5-14(10-13)18-19-16(25-20-18)11-21(2)12-17(24)22-8-6-15(23)7-9-22/h3-5,10,15,23H,6-9,11-12H2,1-2H3. The monoisotopic (exact) mass is 344 g/mol. The largest absolute Gasteiger partial charge is 0.393 e. The summed E-state index contributed by atoms with van der Waals surface area (Å²) in [6.07, 6.45) is 1.03. The van der Waals surface area contributed by atoms with Crippen LogP contribution in [-0.4, -0.2) is 63.7 Å². The van der Waals surface area contributed by atoms with Crippen molar-refractivity contribution >= 4 is 5.91 Å². The molecule has 3 rings (SSSR count). The van der Waals surface area contributed by atoms with E-state index in [1.807, 2.05) is 43.1 Å². The van der Waals surface area contributed by atoms with Crippen molar-refractivity contribution in [2.75, 3.05) is 26.7 Å². The van der Waals surface area contributed by atoms with Crippen molar-refractivity contribution in [1.29, 1.82) is 0 Å². The van der Waals surface area contributed by atoms with Crippen LogP contribution in [0.3, 0.4) is 0 Å². The fraction of sp³-hybridized carbons (Fsp3) is 0.500. The molecule has 1 saturated heterocycles. The molecule has 2 heterocycles. The van der Waals surface area contributed by atoms with Gasteiger partial charge in [0.25, 0.3) is 0 Å². The molecule has 0 bridgehead atoms. The average Bonchev–Trinajstić information content (AvgIpc) is 3.03. The summed E-state index contributed by atoms with van der Waals surface area (Å²) in [5.74, 6) is 1.11. The highest BCUT2D eigenvalue weighted by atomic mass is 16.5. The maximum absolute atomic E-state index is 12.3. The molecule has 1 amide bonds. The van der Waals surface area contributed by atoms with Crippen LogP contribution in [0.4, 0.5) is 0 Å². The van der Waals surface area contributed by atoms with Crippen molar-refractivity contribution in [3.05, 3.63) is 35.7 Å². The Morgan fingerprint density at radius 1 is 1.40 bits per heavy atom. The molecule has 2 aromatic rings. The summed E-state index contributed by atoms with van der Waals surface area (Å²) in [4.78, 5) is 20.4. The van der Waals surface area contributed by atoms with Crippen LogP contribution in [0.5, 0.6) is 0 Å². The average molecular weight is 344 g/mol. The molecule has 7 nitrogen and oxygen atoms in total.